The summed E-state index contributed by atoms with van der Waals surface area (Å²) in [5.41, 5.74) is 0.692. The zero-order valence-corrected chi connectivity index (χ0v) is 9.60. The van der Waals surface area contributed by atoms with Crippen LogP contribution in [0.4, 0.5) is 0 Å². The molecule has 1 N–H and O–H groups in total. The molecule has 0 spiro atoms. The Balaban J connectivity index is 3.49. The molecule has 0 aliphatic rings. The number of carbonyl (C=O) groups is 1. The summed E-state index contributed by atoms with van der Waals surface area (Å²) in [7, 11) is 4.05. The maximum atomic E-state index is 11.4. The number of hydrogen-bond acceptors (Lipinski definition) is 2. The van der Waals surface area contributed by atoms with Crippen LogP contribution in [0.25, 0.3) is 0 Å². The van der Waals surface area contributed by atoms with Gasteiger partial charge in [-0.1, -0.05) is 19.9 Å². The Morgan fingerprint density at radius 3 is 2.57 bits per heavy atom. The zero-order valence-electron chi connectivity index (χ0n) is 9.60. The van der Waals surface area contributed by atoms with Crippen molar-refractivity contribution in [3.05, 3.63) is 12.2 Å². The van der Waals surface area contributed by atoms with Crippen molar-refractivity contribution in [3.8, 4) is 0 Å². The van der Waals surface area contributed by atoms with Crippen LogP contribution < -0.4 is 5.32 Å². The van der Waals surface area contributed by atoms with E-state index in [1.165, 1.54) is 0 Å². The Kier molecular flexibility index (Phi) is 7.11. The SMILES string of the molecule is C=C(CCC)C(=O)NCCCN(C)C. The van der Waals surface area contributed by atoms with Gasteiger partial charge in [-0.05, 0) is 33.5 Å². The van der Waals surface area contributed by atoms with E-state index in [0.717, 1.165) is 32.4 Å². The Bertz CT molecular complexity index is 188. The molecule has 1 amide bonds. The van der Waals surface area contributed by atoms with Crippen LogP contribution >= 0.6 is 0 Å². The summed E-state index contributed by atoms with van der Waals surface area (Å²) >= 11 is 0. The van der Waals surface area contributed by atoms with Gasteiger partial charge in [0.25, 0.3) is 0 Å². The lowest BCUT2D eigenvalue weighted by Gasteiger charge is -2.10. The molecular formula is C11H22N2O. The summed E-state index contributed by atoms with van der Waals surface area (Å²) in [6, 6.07) is 0. The van der Waals surface area contributed by atoms with Crippen molar-refractivity contribution in [1.29, 1.82) is 0 Å². The number of nitrogens with one attached hydrogen (secondary N) is 1. The Morgan fingerprint density at radius 2 is 2.07 bits per heavy atom. The molecule has 3 heteroatoms. The van der Waals surface area contributed by atoms with Gasteiger partial charge < -0.3 is 10.2 Å². The molecule has 0 heterocycles. The maximum absolute atomic E-state index is 11.4. The van der Waals surface area contributed by atoms with Gasteiger partial charge in [-0.2, -0.15) is 0 Å². The van der Waals surface area contributed by atoms with Crippen LogP contribution in [0.15, 0.2) is 12.2 Å². The average Bonchev–Trinajstić information content (AvgIpc) is 2.12. The fourth-order valence-electron chi connectivity index (χ4n) is 1.14. The third-order valence-electron chi connectivity index (χ3n) is 1.94. The predicted molar refractivity (Wildman–Crippen MR) is 60.2 cm³/mol. The Labute approximate surface area is 87.2 Å². The predicted octanol–water partition coefficient (Wildman–Crippen LogP) is 1.41. The van der Waals surface area contributed by atoms with Gasteiger partial charge in [0.15, 0.2) is 0 Å². The van der Waals surface area contributed by atoms with Crippen molar-refractivity contribution in [2.24, 2.45) is 0 Å². The number of rotatable bonds is 7. The van der Waals surface area contributed by atoms with Gasteiger partial charge in [0.05, 0.1) is 0 Å². The summed E-state index contributed by atoms with van der Waals surface area (Å²) < 4.78 is 0. The Morgan fingerprint density at radius 1 is 1.43 bits per heavy atom. The second kappa shape index (κ2) is 7.56. The van der Waals surface area contributed by atoms with E-state index >= 15 is 0 Å². The highest BCUT2D eigenvalue weighted by Crippen LogP contribution is 2.00. The first-order valence-corrected chi connectivity index (χ1v) is 5.18. The highest BCUT2D eigenvalue weighted by Gasteiger charge is 2.03. The summed E-state index contributed by atoms with van der Waals surface area (Å²) in [6.07, 6.45) is 2.75. The van der Waals surface area contributed by atoms with E-state index in [2.05, 4.69) is 16.8 Å². The van der Waals surface area contributed by atoms with Crippen LogP contribution in [0.1, 0.15) is 26.2 Å². The van der Waals surface area contributed by atoms with E-state index < -0.39 is 0 Å². The van der Waals surface area contributed by atoms with Gasteiger partial charge in [-0.25, -0.2) is 0 Å². The first-order valence-electron chi connectivity index (χ1n) is 5.18. The van der Waals surface area contributed by atoms with E-state index in [0.29, 0.717) is 5.57 Å². The van der Waals surface area contributed by atoms with Crippen LogP contribution in [0.5, 0.6) is 0 Å². The van der Waals surface area contributed by atoms with Gasteiger partial charge in [-0.3, -0.25) is 4.79 Å². The van der Waals surface area contributed by atoms with E-state index in [1.807, 2.05) is 21.0 Å². The first kappa shape index (κ1) is 13.2. The van der Waals surface area contributed by atoms with Gasteiger partial charge in [0.1, 0.15) is 0 Å². The van der Waals surface area contributed by atoms with Crippen molar-refractivity contribution >= 4 is 5.91 Å². The lowest BCUT2D eigenvalue weighted by Crippen LogP contribution is -2.27. The minimum absolute atomic E-state index is 0.00519. The molecule has 0 aliphatic heterocycles. The molecule has 0 unspecified atom stereocenters. The van der Waals surface area contributed by atoms with Crippen molar-refractivity contribution in [2.75, 3.05) is 27.2 Å². The second-order valence-corrected chi connectivity index (χ2v) is 3.77. The summed E-state index contributed by atoms with van der Waals surface area (Å²) in [5.74, 6) is 0.00519. The molecule has 0 aliphatic carbocycles. The molecule has 0 aromatic heterocycles. The lowest BCUT2D eigenvalue weighted by molar-refractivity contribution is -0.117. The number of amides is 1. The molecule has 82 valence electrons. The van der Waals surface area contributed by atoms with Crippen LogP contribution in [0, 0.1) is 0 Å². The fraction of sp³-hybridized carbons (Fsp3) is 0.727. The summed E-state index contributed by atoms with van der Waals surface area (Å²) in [5, 5.41) is 2.86. The third-order valence-corrected chi connectivity index (χ3v) is 1.94. The van der Waals surface area contributed by atoms with Gasteiger partial charge in [-0.15, -0.1) is 0 Å². The standard InChI is InChI=1S/C11H22N2O/c1-5-7-10(2)11(14)12-8-6-9-13(3)4/h2,5-9H2,1,3-4H3,(H,12,14). The third kappa shape index (κ3) is 6.66. The normalized spacial score (nSPS) is 10.3. The highest BCUT2D eigenvalue weighted by atomic mass is 16.1. The zero-order chi connectivity index (χ0) is 11.0. The lowest BCUT2D eigenvalue weighted by atomic mass is 10.1. The molecule has 0 aromatic carbocycles. The van der Waals surface area contributed by atoms with E-state index in [1.54, 1.807) is 0 Å². The average molecular weight is 198 g/mol. The van der Waals surface area contributed by atoms with E-state index in [9.17, 15) is 4.79 Å². The van der Waals surface area contributed by atoms with Crippen LogP contribution in [0.3, 0.4) is 0 Å². The minimum atomic E-state index is 0.00519. The molecule has 0 saturated heterocycles. The van der Waals surface area contributed by atoms with Crippen LogP contribution in [-0.2, 0) is 4.79 Å². The summed E-state index contributed by atoms with van der Waals surface area (Å²) in [4.78, 5) is 13.5. The second-order valence-electron chi connectivity index (χ2n) is 3.77. The van der Waals surface area contributed by atoms with E-state index in [-0.39, 0.29) is 5.91 Å². The molecule has 3 nitrogen and oxygen atoms in total. The molecule has 14 heavy (non-hydrogen) atoms. The number of nitrogens with zero attached hydrogens (tertiary/aromatic N) is 1. The van der Waals surface area contributed by atoms with Crippen molar-refractivity contribution < 1.29 is 4.79 Å². The highest BCUT2D eigenvalue weighted by molar-refractivity contribution is 5.92. The number of hydrogen-bond donors (Lipinski definition) is 1. The van der Waals surface area contributed by atoms with Gasteiger partial charge >= 0.3 is 0 Å². The van der Waals surface area contributed by atoms with Crippen molar-refractivity contribution in [1.82, 2.24) is 10.2 Å². The van der Waals surface area contributed by atoms with Gasteiger partial charge in [0.2, 0.25) is 5.91 Å². The minimum Gasteiger partial charge on any atom is -0.352 e. The monoisotopic (exact) mass is 198 g/mol. The van der Waals surface area contributed by atoms with Crippen molar-refractivity contribution in [2.45, 2.75) is 26.2 Å². The first-order chi connectivity index (χ1) is 6.57. The Hall–Kier alpha value is -0.830. The molecule has 0 bridgehead atoms. The molecule has 0 radical (unpaired) electrons. The topological polar surface area (TPSA) is 32.3 Å². The smallest absolute Gasteiger partial charge is 0.246 e. The fourth-order valence-corrected chi connectivity index (χ4v) is 1.14. The molecule has 0 saturated carbocycles. The molecule has 0 aromatic rings. The molecule has 0 fully saturated rings. The quantitative estimate of drug-likeness (QED) is 0.495. The van der Waals surface area contributed by atoms with Crippen molar-refractivity contribution in [3.63, 3.8) is 0 Å². The molecule has 0 atom stereocenters. The number of carbonyl (C=O) groups excluding carboxylic acids is 1. The molecular weight excluding hydrogens is 176 g/mol. The maximum Gasteiger partial charge on any atom is 0.246 e. The molecule has 0 rings (SSSR count). The van der Waals surface area contributed by atoms with Crippen LogP contribution in [0.2, 0.25) is 0 Å². The summed E-state index contributed by atoms with van der Waals surface area (Å²) in [6.45, 7) is 7.52. The van der Waals surface area contributed by atoms with Crippen LogP contribution in [-0.4, -0.2) is 38.0 Å². The van der Waals surface area contributed by atoms with E-state index in [4.69, 9.17) is 0 Å². The largest absolute Gasteiger partial charge is 0.352 e. The van der Waals surface area contributed by atoms with Gasteiger partial charge in [0, 0.05) is 12.1 Å².